The second-order valence-corrected chi connectivity index (χ2v) is 7.10. The molecule has 0 radical (unpaired) electrons. The number of nitrogens with one attached hydrogen (secondary N) is 1. The highest BCUT2D eigenvalue weighted by atomic mass is 16.4. The monoisotopic (exact) mass is 267 g/mol. The summed E-state index contributed by atoms with van der Waals surface area (Å²) in [7, 11) is 0. The molecule has 19 heavy (non-hydrogen) atoms. The zero-order chi connectivity index (χ0) is 14.4. The molecule has 0 aromatic heterocycles. The summed E-state index contributed by atoms with van der Waals surface area (Å²) in [5.74, 6) is -0.101. The molecule has 2 aliphatic carbocycles. The summed E-state index contributed by atoms with van der Waals surface area (Å²) in [5, 5.41) is 14.7. The van der Waals surface area contributed by atoms with Crippen molar-refractivity contribution >= 4 is 11.7 Å². The minimum absolute atomic E-state index is 0.0383. The standard InChI is InChI=1S/C14H25N3O2/c1-8(10(15)17-19)11(18)16-12-13(2,3)9-5-6-14(12,4)7-9/h8-9,12,19H,5-7H2,1-4H3,(H2,15,17)(H,16,18). The number of amides is 1. The average Bonchev–Trinajstić information content (AvgIpc) is 2.83. The molecule has 4 unspecified atom stereocenters. The van der Waals surface area contributed by atoms with E-state index in [1.54, 1.807) is 6.92 Å². The largest absolute Gasteiger partial charge is 0.409 e. The number of nitrogens with two attached hydrogens (primary N) is 1. The van der Waals surface area contributed by atoms with Gasteiger partial charge in [-0.2, -0.15) is 0 Å². The highest BCUT2D eigenvalue weighted by molar-refractivity contribution is 6.01. The van der Waals surface area contributed by atoms with Crippen LogP contribution in [0, 0.1) is 22.7 Å². The van der Waals surface area contributed by atoms with Crippen molar-refractivity contribution in [2.24, 2.45) is 33.6 Å². The van der Waals surface area contributed by atoms with Crippen molar-refractivity contribution in [1.29, 1.82) is 0 Å². The van der Waals surface area contributed by atoms with Crippen LogP contribution in [0.3, 0.4) is 0 Å². The number of fused-ring (bicyclic) bond motifs is 2. The van der Waals surface area contributed by atoms with Crippen LogP contribution >= 0.6 is 0 Å². The van der Waals surface area contributed by atoms with E-state index in [0.29, 0.717) is 5.92 Å². The first-order chi connectivity index (χ1) is 8.72. The van der Waals surface area contributed by atoms with Crippen LogP contribution in [-0.4, -0.2) is 23.0 Å². The van der Waals surface area contributed by atoms with Crippen molar-refractivity contribution in [2.75, 3.05) is 0 Å². The molecular formula is C14H25N3O2. The molecule has 2 aliphatic rings. The van der Waals surface area contributed by atoms with Crippen LogP contribution in [0.2, 0.25) is 0 Å². The molecule has 4 N–H and O–H groups in total. The van der Waals surface area contributed by atoms with Gasteiger partial charge in [-0.25, -0.2) is 0 Å². The van der Waals surface area contributed by atoms with Gasteiger partial charge >= 0.3 is 0 Å². The van der Waals surface area contributed by atoms with E-state index in [-0.39, 0.29) is 28.6 Å². The molecule has 0 heterocycles. The molecule has 5 heteroatoms. The number of oxime groups is 1. The summed E-state index contributed by atoms with van der Waals surface area (Å²) in [4.78, 5) is 12.2. The molecule has 0 saturated heterocycles. The fourth-order valence-electron chi connectivity index (χ4n) is 4.15. The van der Waals surface area contributed by atoms with Gasteiger partial charge in [-0.05, 0) is 42.9 Å². The van der Waals surface area contributed by atoms with Gasteiger partial charge in [-0.15, -0.1) is 0 Å². The second kappa shape index (κ2) is 4.39. The fraction of sp³-hybridized carbons (Fsp3) is 0.857. The van der Waals surface area contributed by atoms with Gasteiger partial charge in [0.25, 0.3) is 0 Å². The van der Waals surface area contributed by atoms with Gasteiger partial charge < -0.3 is 16.3 Å². The topological polar surface area (TPSA) is 87.7 Å². The molecule has 4 atom stereocenters. The first-order valence-electron chi connectivity index (χ1n) is 7.00. The Labute approximate surface area is 114 Å². The smallest absolute Gasteiger partial charge is 0.230 e. The third kappa shape index (κ3) is 2.09. The molecule has 5 nitrogen and oxygen atoms in total. The average molecular weight is 267 g/mol. The van der Waals surface area contributed by atoms with Gasteiger partial charge in [0.2, 0.25) is 5.91 Å². The molecule has 0 spiro atoms. The highest BCUT2D eigenvalue weighted by Gasteiger charge is 2.59. The number of carbonyl (C=O) groups is 1. The van der Waals surface area contributed by atoms with Gasteiger partial charge in [-0.3, -0.25) is 4.79 Å². The Morgan fingerprint density at radius 1 is 1.47 bits per heavy atom. The van der Waals surface area contributed by atoms with Crippen LogP contribution in [-0.2, 0) is 4.79 Å². The Bertz CT molecular complexity index is 414. The van der Waals surface area contributed by atoms with Gasteiger partial charge in [0, 0.05) is 6.04 Å². The Morgan fingerprint density at radius 3 is 2.58 bits per heavy atom. The predicted octanol–water partition coefficient (Wildman–Crippen LogP) is 1.70. The maximum atomic E-state index is 12.2. The minimum atomic E-state index is -0.594. The van der Waals surface area contributed by atoms with E-state index in [1.165, 1.54) is 19.3 Å². The third-order valence-electron chi connectivity index (χ3n) is 5.51. The molecular weight excluding hydrogens is 242 g/mol. The lowest BCUT2D eigenvalue weighted by Gasteiger charge is -2.43. The Morgan fingerprint density at radius 2 is 2.11 bits per heavy atom. The van der Waals surface area contributed by atoms with Crippen LogP contribution in [0.5, 0.6) is 0 Å². The quantitative estimate of drug-likeness (QED) is 0.315. The highest BCUT2D eigenvalue weighted by Crippen LogP contribution is 2.62. The lowest BCUT2D eigenvalue weighted by molar-refractivity contribution is -0.125. The summed E-state index contributed by atoms with van der Waals surface area (Å²) >= 11 is 0. The second-order valence-electron chi connectivity index (χ2n) is 7.10. The van der Waals surface area contributed by atoms with Crippen molar-refractivity contribution in [3.05, 3.63) is 0 Å². The molecule has 2 saturated carbocycles. The number of carbonyl (C=O) groups excluding carboxylic acids is 1. The van der Waals surface area contributed by atoms with Gasteiger partial charge in [0.05, 0.1) is 5.92 Å². The molecule has 2 rings (SSSR count). The molecule has 108 valence electrons. The summed E-state index contributed by atoms with van der Waals surface area (Å²) in [5.41, 5.74) is 5.82. The van der Waals surface area contributed by atoms with Gasteiger partial charge in [-0.1, -0.05) is 25.9 Å². The van der Waals surface area contributed by atoms with E-state index in [4.69, 9.17) is 10.9 Å². The number of hydrogen-bond donors (Lipinski definition) is 3. The Kier molecular flexibility index (Phi) is 3.27. The van der Waals surface area contributed by atoms with E-state index in [9.17, 15) is 4.79 Å². The first-order valence-corrected chi connectivity index (χ1v) is 7.00. The predicted molar refractivity (Wildman–Crippen MR) is 73.7 cm³/mol. The van der Waals surface area contributed by atoms with Crippen LogP contribution < -0.4 is 11.1 Å². The van der Waals surface area contributed by atoms with E-state index in [2.05, 4.69) is 31.2 Å². The molecule has 0 aromatic carbocycles. The summed E-state index contributed by atoms with van der Waals surface area (Å²) in [6.07, 6.45) is 3.61. The van der Waals surface area contributed by atoms with E-state index in [0.717, 1.165) is 0 Å². The number of rotatable bonds is 3. The van der Waals surface area contributed by atoms with Crippen LogP contribution in [0.15, 0.2) is 5.16 Å². The fourth-order valence-corrected chi connectivity index (χ4v) is 4.15. The normalized spacial score (nSPS) is 38.2. The van der Waals surface area contributed by atoms with Gasteiger partial charge in [0.15, 0.2) is 5.84 Å². The van der Waals surface area contributed by atoms with Crippen molar-refractivity contribution in [3.8, 4) is 0 Å². The summed E-state index contributed by atoms with van der Waals surface area (Å²) in [6.45, 7) is 8.40. The molecule has 2 bridgehead atoms. The van der Waals surface area contributed by atoms with Crippen molar-refractivity contribution in [1.82, 2.24) is 5.32 Å². The van der Waals surface area contributed by atoms with Crippen LogP contribution in [0.25, 0.3) is 0 Å². The summed E-state index contributed by atoms with van der Waals surface area (Å²) < 4.78 is 0. The van der Waals surface area contributed by atoms with E-state index >= 15 is 0 Å². The number of amidine groups is 1. The Hall–Kier alpha value is -1.26. The molecule has 1 amide bonds. The maximum Gasteiger partial charge on any atom is 0.230 e. The van der Waals surface area contributed by atoms with Crippen molar-refractivity contribution in [2.45, 2.75) is 53.0 Å². The van der Waals surface area contributed by atoms with E-state index in [1.807, 2.05) is 0 Å². The van der Waals surface area contributed by atoms with Crippen LogP contribution in [0.4, 0.5) is 0 Å². The summed E-state index contributed by atoms with van der Waals surface area (Å²) in [6, 6.07) is 0.167. The van der Waals surface area contributed by atoms with Gasteiger partial charge in [0.1, 0.15) is 0 Å². The Balaban J connectivity index is 2.13. The molecule has 2 fully saturated rings. The molecule has 0 aliphatic heterocycles. The lowest BCUT2D eigenvalue weighted by atomic mass is 9.68. The van der Waals surface area contributed by atoms with Crippen molar-refractivity contribution < 1.29 is 10.0 Å². The van der Waals surface area contributed by atoms with Crippen molar-refractivity contribution in [3.63, 3.8) is 0 Å². The first kappa shape index (κ1) is 14.2. The number of hydrogen-bond acceptors (Lipinski definition) is 3. The molecule has 0 aromatic rings. The minimum Gasteiger partial charge on any atom is -0.409 e. The zero-order valence-electron chi connectivity index (χ0n) is 12.2. The lowest BCUT2D eigenvalue weighted by Crippen LogP contribution is -2.54. The van der Waals surface area contributed by atoms with Crippen LogP contribution in [0.1, 0.15) is 47.0 Å². The third-order valence-corrected chi connectivity index (χ3v) is 5.51. The maximum absolute atomic E-state index is 12.2. The van der Waals surface area contributed by atoms with E-state index < -0.39 is 5.92 Å². The SMILES string of the molecule is CC(C(=O)NC1C2(C)CCC(C2)C1(C)C)C(N)=NO. The number of nitrogens with zero attached hydrogens (tertiary/aromatic N) is 1. The zero-order valence-corrected chi connectivity index (χ0v) is 12.2.